The van der Waals surface area contributed by atoms with Gasteiger partial charge < -0.3 is 0 Å². The molecular weight excluding hydrogens is 389 g/mol. The normalized spacial score (nSPS) is 15.5. The number of hydrogen-bond donors (Lipinski definition) is 1. The van der Waals surface area contributed by atoms with Crippen molar-refractivity contribution >= 4 is 33.2 Å². The lowest BCUT2D eigenvalue weighted by Crippen LogP contribution is -2.29. The molecule has 0 bridgehead atoms. The minimum Gasteiger partial charge on any atom is -0.212 e. The summed E-state index contributed by atoms with van der Waals surface area (Å²) in [5.41, 5.74) is 4.41. The Balaban J connectivity index is 1.77. The molecule has 0 saturated carbocycles. The fourth-order valence-corrected chi connectivity index (χ4v) is 5.22. The zero-order valence-electron chi connectivity index (χ0n) is 14.8. The highest BCUT2D eigenvalue weighted by Gasteiger charge is 2.20. The zero-order valence-corrected chi connectivity index (χ0v) is 17.1. The van der Waals surface area contributed by atoms with Crippen molar-refractivity contribution in [1.29, 1.82) is 0 Å². The van der Waals surface area contributed by atoms with Gasteiger partial charge in [-0.25, -0.2) is 13.1 Å². The van der Waals surface area contributed by atoms with E-state index < -0.39 is 10.0 Å². The number of hydrogen-bond acceptors (Lipinski definition) is 2. The minimum absolute atomic E-state index is 0.120. The van der Waals surface area contributed by atoms with Gasteiger partial charge in [-0.2, -0.15) is 0 Å². The molecule has 0 aliphatic heterocycles. The van der Waals surface area contributed by atoms with E-state index in [0.29, 0.717) is 22.0 Å². The maximum absolute atomic E-state index is 12.6. The molecule has 3 rings (SSSR count). The monoisotopic (exact) mass is 411 g/mol. The van der Waals surface area contributed by atoms with E-state index in [9.17, 15) is 8.42 Å². The van der Waals surface area contributed by atoms with E-state index in [-0.39, 0.29) is 11.8 Å². The lowest BCUT2D eigenvalue weighted by Gasteiger charge is -2.21. The van der Waals surface area contributed by atoms with E-state index in [1.807, 2.05) is 6.92 Å². The number of nitrogens with one attached hydrogen (secondary N) is 1. The third-order valence-corrected chi connectivity index (χ3v) is 6.94. The van der Waals surface area contributed by atoms with Gasteiger partial charge in [0.25, 0.3) is 0 Å². The van der Waals surface area contributed by atoms with Crippen molar-refractivity contribution in [2.24, 2.45) is 0 Å². The molecule has 140 valence electrons. The van der Waals surface area contributed by atoms with Gasteiger partial charge >= 0.3 is 0 Å². The summed E-state index contributed by atoms with van der Waals surface area (Å²) >= 11 is 11.9. The summed E-state index contributed by atoms with van der Waals surface area (Å²) in [4.78, 5) is 0. The molecule has 1 aliphatic rings. The number of rotatable bonds is 6. The molecule has 1 aliphatic carbocycles. The maximum Gasteiger partial charge on any atom is 0.216 e. The molecule has 1 atom stereocenters. The molecule has 2 aromatic carbocycles. The molecule has 26 heavy (non-hydrogen) atoms. The predicted octanol–water partition coefficient (Wildman–Crippen LogP) is 5.44. The summed E-state index contributed by atoms with van der Waals surface area (Å²) in [6.07, 6.45) is 5.33. The summed E-state index contributed by atoms with van der Waals surface area (Å²) in [7, 11) is -3.50. The Morgan fingerprint density at radius 3 is 2.42 bits per heavy atom. The second-order valence-corrected chi connectivity index (χ2v) is 9.39. The van der Waals surface area contributed by atoms with Crippen LogP contribution < -0.4 is 4.72 Å². The van der Waals surface area contributed by atoms with Crippen LogP contribution >= 0.6 is 23.2 Å². The maximum atomic E-state index is 12.6. The van der Waals surface area contributed by atoms with Crippen LogP contribution in [-0.4, -0.2) is 8.42 Å². The average molecular weight is 412 g/mol. The van der Waals surface area contributed by atoms with Crippen LogP contribution in [0.1, 0.15) is 54.5 Å². The van der Waals surface area contributed by atoms with Gasteiger partial charge in [0.2, 0.25) is 10.0 Å². The molecular formula is C20H23Cl2NO2S. The molecule has 6 heteroatoms. The van der Waals surface area contributed by atoms with Gasteiger partial charge in [-0.1, -0.05) is 54.4 Å². The predicted molar refractivity (Wildman–Crippen MR) is 108 cm³/mol. The van der Waals surface area contributed by atoms with Crippen LogP contribution in [-0.2, 0) is 28.6 Å². The summed E-state index contributed by atoms with van der Waals surface area (Å²) in [6, 6.07) is 11.1. The molecule has 1 N–H and O–H groups in total. The van der Waals surface area contributed by atoms with Gasteiger partial charge in [0, 0.05) is 6.04 Å². The SMILES string of the molecule is CCC(NS(=O)(=O)Cc1ccc(Cl)c(Cl)c1)c1ccc2c(c1)CCCC2. The highest BCUT2D eigenvalue weighted by atomic mass is 35.5. The van der Waals surface area contributed by atoms with Crippen LogP contribution in [0, 0.1) is 0 Å². The van der Waals surface area contributed by atoms with Gasteiger partial charge in [0.1, 0.15) is 0 Å². The molecule has 1 unspecified atom stereocenters. The third kappa shape index (κ3) is 4.80. The van der Waals surface area contributed by atoms with Crippen LogP contribution in [0.15, 0.2) is 36.4 Å². The highest BCUT2D eigenvalue weighted by Crippen LogP contribution is 2.27. The quantitative estimate of drug-likeness (QED) is 0.687. The number of halogens is 2. The first-order valence-electron chi connectivity index (χ1n) is 8.93. The van der Waals surface area contributed by atoms with E-state index in [4.69, 9.17) is 23.2 Å². The van der Waals surface area contributed by atoms with E-state index in [0.717, 1.165) is 18.4 Å². The van der Waals surface area contributed by atoms with Crippen molar-refractivity contribution in [1.82, 2.24) is 4.72 Å². The van der Waals surface area contributed by atoms with E-state index >= 15 is 0 Å². The fourth-order valence-electron chi connectivity index (χ4n) is 3.46. The van der Waals surface area contributed by atoms with Crippen LogP contribution in [0.2, 0.25) is 10.0 Å². The number of aryl methyl sites for hydroxylation is 2. The molecule has 0 radical (unpaired) electrons. The zero-order chi connectivity index (χ0) is 18.7. The van der Waals surface area contributed by atoms with Crippen molar-refractivity contribution in [2.75, 3.05) is 0 Å². The average Bonchev–Trinajstić information content (AvgIpc) is 2.62. The number of sulfonamides is 1. The van der Waals surface area contributed by atoms with Gasteiger partial charge in [-0.3, -0.25) is 0 Å². The fraction of sp³-hybridized carbons (Fsp3) is 0.400. The first-order valence-corrected chi connectivity index (χ1v) is 11.3. The Morgan fingerprint density at radius 1 is 1.00 bits per heavy atom. The topological polar surface area (TPSA) is 46.2 Å². The van der Waals surface area contributed by atoms with E-state index in [1.165, 1.54) is 24.0 Å². The smallest absolute Gasteiger partial charge is 0.212 e. The molecule has 0 spiro atoms. The third-order valence-electron chi connectivity index (χ3n) is 4.85. The first kappa shape index (κ1) is 19.7. The Bertz CT molecular complexity index is 897. The van der Waals surface area contributed by atoms with Crippen LogP contribution in [0.4, 0.5) is 0 Å². The van der Waals surface area contributed by atoms with Crippen LogP contribution in [0.25, 0.3) is 0 Å². The number of benzene rings is 2. The molecule has 0 saturated heterocycles. The van der Waals surface area contributed by atoms with Crippen molar-refractivity contribution in [2.45, 2.75) is 50.8 Å². The second-order valence-electron chi connectivity index (χ2n) is 6.82. The van der Waals surface area contributed by atoms with E-state index in [2.05, 4.69) is 22.9 Å². The van der Waals surface area contributed by atoms with Crippen molar-refractivity contribution in [3.8, 4) is 0 Å². The van der Waals surface area contributed by atoms with Crippen molar-refractivity contribution in [3.05, 3.63) is 68.7 Å². The first-order chi connectivity index (χ1) is 12.4. The highest BCUT2D eigenvalue weighted by molar-refractivity contribution is 7.88. The molecule has 0 amide bonds. The molecule has 0 aromatic heterocycles. The Kier molecular flexibility index (Phi) is 6.29. The molecule has 3 nitrogen and oxygen atoms in total. The standard InChI is InChI=1S/C20H23Cl2NO2S/c1-2-20(17-9-8-15-5-3-4-6-16(15)12-17)23-26(24,25)13-14-7-10-18(21)19(22)11-14/h7-12,20,23H,2-6,13H2,1H3. The van der Waals surface area contributed by atoms with Crippen LogP contribution in [0.5, 0.6) is 0 Å². The summed E-state index contributed by atoms with van der Waals surface area (Å²) in [5, 5.41) is 0.780. The second kappa shape index (κ2) is 8.30. The van der Waals surface area contributed by atoms with Crippen molar-refractivity contribution < 1.29 is 8.42 Å². The Labute approximate surface area is 165 Å². The van der Waals surface area contributed by atoms with Crippen LogP contribution in [0.3, 0.4) is 0 Å². The molecule has 0 fully saturated rings. The van der Waals surface area contributed by atoms with Gasteiger partial charge in [-0.05, 0) is 66.5 Å². The summed E-state index contributed by atoms with van der Waals surface area (Å²) in [5.74, 6) is -0.120. The van der Waals surface area contributed by atoms with Gasteiger partial charge in [-0.15, -0.1) is 0 Å². The lowest BCUT2D eigenvalue weighted by atomic mass is 9.89. The lowest BCUT2D eigenvalue weighted by molar-refractivity contribution is 0.548. The molecule has 2 aromatic rings. The van der Waals surface area contributed by atoms with Crippen molar-refractivity contribution in [3.63, 3.8) is 0 Å². The largest absolute Gasteiger partial charge is 0.216 e. The summed E-state index contributed by atoms with van der Waals surface area (Å²) < 4.78 is 28.1. The van der Waals surface area contributed by atoms with E-state index in [1.54, 1.807) is 18.2 Å². The Morgan fingerprint density at radius 2 is 1.73 bits per heavy atom. The Hall–Kier alpha value is -1.07. The summed E-state index contributed by atoms with van der Waals surface area (Å²) in [6.45, 7) is 1.99. The molecule has 0 heterocycles. The van der Waals surface area contributed by atoms with Gasteiger partial charge in [0.15, 0.2) is 0 Å². The minimum atomic E-state index is -3.50. The number of fused-ring (bicyclic) bond motifs is 1. The van der Waals surface area contributed by atoms with Gasteiger partial charge in [0.05, 0.1) is 15.8 Å².